The van der Waals surface area contributed by atoms with Crippen molar-refractivity contribution in [1.29, 1.82) is 0 Å². The van der Waals surface area contributed by atoms with Gasteiger partial charge in [-0.2, -0.15) is 0 Å². The van der Waals surface area contributed by atoms with Gasteiger partial charge in [0, 0.05) is 11.6 Å². The topological polar surface area (TPSA) is 47.0 Å². The lowest BCUT2D eigenvalue weighted by molar-refractivity contribution is 0.415. The van der Waals surface area contributed by atoms with Gasteiger partial charge in [0.05, 0.1) is 12.8 Å². The number of methoxy groups -OCH3 is 1. The molecule has 1 aromatic carbocycles. The zero-order chi connectivity index (χ0) is 13.0. The maximum absolute atomic E-state index is 5.19. The van der Waals surface area contributed by atoms with E-state index in [0.29, 0.717) is 6.04 Å². The number of anilines is 1. The molecule has 0 atom stereocenters. The maximum atomic E-state index is 5.19. The Morgan fingerprint density at radius 1 is 1.11 bits per heavy atom. The Morgan fingerprint density at radius 3 is 2.56 bits per heavy atom. The quantitative estimate of drug-likeness (QED) is 0.896. The summed E-state index contributed by atoms with van der Waals surface area (Å²) in [5, 5.41) is 11.6. The van der Waals surface area contributed by atoms with Gasteiger partial charge in [-0.05, 0) is 38.1 Å². The number of hydrogen-bond acceptors (Lipinski definition) is 4. The first kappa shape index (κ1) is 12.4. The third kappa shape index (κ3) is 2.97. The molecule has 18 heavy (non-hydrogen) atoms. The fraction of sp³-hybridized carbons (Fsp3) is 0.286. The number of benzene rings is 1. The average Bonchev–Trinajstić information content (AvgIpc) is 2.39. The molecule has 0 radical (unpaired) electrons. The number of aromatic nitrogens is 2. The van der Waals surface area contributed by atoms with Crippen molar-refractivity contribution in [2.24, 2.45) is 0 Å². The minimum atomic E-state index is 0.349. The Bertz CT molecular complexity index is 509. The van der Waals surface area contributed by atoms with Gasteiger partial charge < -0.3 is 10.1 Å². The first-order chi connectivity index (χ1) is 8.69. The van der Waals surface area contributed by atoms with Gasteiger partial charge in [0.25, 0.3) is 0 Å². The van der Waals surface area contributed by atoms with E-state index in [1.54, 1.807) is 7.11 Å². The average molecular weight is 243 g/mol. The molecule has 0 aliphatic carbocycles. The van der Waals surface area contributed by atoms with E-state index in [0.717, 1.165) is 22.8 Å². The number of rotatable bonds is 4. The van der Waals surface area contributed by atoms with Crippen molar-refractivity contribution in [3.63, 3.8) is 0 Å². The molecule has 1 N–H and O–H groups in total. The monoisotopic (exact) mass is 243 g/mol. The van der Waals surface area contributed by atoms with E-state index in [1.165, 1.54) is 0 Å². The first-order valence-corrected chi connectivity index (χ1v) is 5.94. The zero-order valence-electron chi connectivity index (χ0n) is 10.8. The summed E-state index contributed by atoms with van der Waals surface area (Å²) >= 11 is 0. The van der Waals surface area contributed by atoms with Crippen LogP contribution in [0.2, 0.25) is 0 Å². The Labute approximate surface area is 107 Å². The van der Waals surface area contributed by atoms with Crippen molar-refractivity contribution in [2.45, 2.75) is 19.9 Å². The second kappa shape index (κ2) is 5.49. The van der Waals surface area contributed by atoms with Crippen LogP contribution in [0.4, 0.5) is 5.82 Å². The maximum Gasteiger partial charge on any atom is 0.148 e. The second-order valence-electron chi connectivity index (χ2n) is 4.33. The first-order valence-electron chi connectivity index (χ1n) is 5.94. The van der Waals surface area contributed by atoms with E-state index in [1.807, 2.05) is 36.4 Å². The molecule has 0 aliphatic heterocycles. The molecule has 0 amide bonds. The van der Waals surface area contributed by atoms with Crippen LogP contribution in [0.3, 0.4) is 0 Å². The van der Waals surface area contributed by atoms with E-state index in [9.17, 15) is 0 Å². The van der Waals surface area contributed by atoms with Gasteiger partial charge >= 0.3 is 0 Å². The normalized spacial score (nSPS) is 10.4. The highest BCUT2D eigenvalue weighted by atomic mass is 16.5. The second-order valence-corrected chi connectivity index (χ2v) is 4.33. The van der Waals surface area contributed by atoms with Crippen molar-refractivity contribution >= 4 is 5.82 Å². The van der Waals surface area contributed by atoms with Crippen LogP contribution in [-0.2, 0) is 0 Å². The summed E-state index contributed by atoms with van der Waals surface area (Å²) in [7, 11) is 1.65. The minimum absolute atomic E-state index is 0.349. The predicted molar refractivity (Wildman–Crippen MR) is 72.8 cm³/mol. The highest BCUT2D eigenvalue weighted by molar-refractivity contribution is 5.61. The molecule has 2 aromatic rings. The fourth-order valence-corrected chi connectivity index (χ4v) is 1.64. The summed E-state index contributed by atoms with van der Waals surface area (Å²) in [5.41, 5.74) is 1.83. The summed E-state index contributed by atoms with van der Waals surface area (Å²) in [6.07, 6.45) is 0. The molecule has 1 aromatic heterocycles. The van der Waals surface area contributed by atoms with Crippen LogP contribution in [-0.4, -0.2) is 23.3 Å². The van der Waals surface area contributed by atoms with Crippen molar-refractivity contribution in [3.8, 4) is 17.0 Å². The van der Waals surface area contributed by atoms with Crippen LogP contribution in [0.25, 0.3) is 11.3 Å². The lowest BCUT2D eigenvalue weighted by atomic mass is 10.1. The lowest BCUT2D eigenvalue weighted by Crippen LogP contribution is -2.11. The molecule has 0 saturated heterocycles. The SMILES string of the molecule is COc1cccc(-c2ccc(NC(C)C)nn2)c1. The van der Waals surface area contributed by atoms with Gasteiger partial charge in [-0.3, -0.25) is 0 Å². The van der Waals surface area contributed by atoms with Crippen LogP contribution < -0.4 is 10.1 Å². The predicted octanol–water partition coefficient (Wildman–Crippen LogP) is 2.97. The van der Waals surface area contributed by atoms with Crippen molar-refractivity contribution < 1.29 is 4.74 Å². The van der Waals surface area contributed by atoms with Gasteiger partial charge in [-0.25, -0.2) is 0 Å². The van der Waals surface area contributed by atoms with Crippen LogP contribution in [0.15, 0.2) is 36.4 Å². The Hall–Kier alpha value is -2.10. The third-order valence-electron chi connectivity index (χ3n) is 2.47. The molecule has 1 heterocycles. The highest BCUT2D eigenvalue weighted by Gasteiger charge is 2.03. The fourth-order valence-electron chi connectivity index (χ4n) is 1.64. The lowest BCUT2D eigenvalue weighted by Gasteiger charge is -2.08. The Morgan fingerprint density at radius 2 is 1.94 bits per heavy atom. The minimum Gasteiger partial charge on any atom is -0.497 e. The zero-order valence-corrected chi connectivity index (χ0v) is 10.8. The number of nitrogens with one attached hydrogen (secondary N) is 1. The summed E-state index contributed by atoms with van der Waals surface area (Å²) in [6, 6.07) is 12.0. The summed E-state index contributed by atoms with van der Waals surface area (Å²) in [4.78, 5) is 0. The molecule has 4 heteroatoms. The van der Waals surface area contributed by atoms with E-state index in [-0.39, 0.29) is 0 Å². The molecule has 0 spiro atoms. The largest absolute Gasteiger partial charge is 0.497 e. The van der Waals surface area contributed by atoms with E-state index in [2.05, 4.69) is 29.4 Å². The molecule has 0 saturated carbocycles. The van der Waals surface area contributed by atoms with Crippen LogP contribution in [0, 0.1) is 0 Å². The van der Waals surface area contributed by atoms with Crippen LogP contribution in [0.1, 0.15) is 13.8 Å². The van der Waals surface area contributed by atoms with Gasteiger partial charge in [-0.1, -0.05) is 12.1 Å². The molecule has 4 nitrogen and oxygen atoms in total. The molecular weight excluding hydrogens is 226 g/mol. The molecule has 2 rings (SSSR count). The Kier molecular flexibility index (Phi) is 3.77. The van der Waals surface area contributed by atoms with Gasteiger partial charge in [0.2, 0.25) is 0 Å². The number of ether oxygens (including phenoxy) is 1. The molecule has 94 valence electrons. The highest BCUT2D eigenvalue weighted by Crippen LogP contribution is 2.22. The van der Waals surface area contributed by atoms with Crippen molar-refractivity contribution in [2.75, 3.05) is 12.4 Å². The van der Waals surface area contributed by atoms with Gasteiger partial charge in [0.15, 0.2) is 0 Å². The summed E-state index contributed by atoms with van der Waals surface area (Å²) < 4.78 is 5.19. The Balaban J connectivity index is 2.22. The van der Waals surface area contributed by atoms with Gasteiger partial charge in [0.1, 0.15) is 11.6 Å². The van der Waals surface area contributed by atoms with E-state index < -0.39 is 0 Å². The van der Waals surface area contributed by atoms with Crippen molar-refractivity contribution in [3.05, 3.63) is 36.4 Å². The van der Waals surface area contributed by atoms with E-state index in [4.69, 9.17) is 4.74 Å². The molecule has 0 unspecified atom stereocenters. The summed E-state index contributed by atoms with van der Waals surface area (Å²) in [6.45, 7) is 4.13. The van der Waals surface area contributed by atoms with Crippen LogP contribution >= 0.6 is 0 Å². The molecule has 0 fully saturated rings. The number of nitrogens with zero attached hydrogens (tertiary/aromatic N) is 2. The summed E-state index contributed by atoms with van der Waals surface area (Å²) in [5.74, 6) is 1.61. The molecule has 0 bridgehead atoms. The molecule has 0 aliphatic rings. The van der Waals surface area contributed by atoms with E-state index >= 15 is 0 Å². The standard InChI is InChI=1S/C14H17N3O/c1-10(2)15-14-8-7-13(16-17-14)11-5-4-6-12(9-11)18-3/h4-10H,1-3H3,(H,15,17). The van der Waals surface area contributed by atoms with Crippen molar-refractivity contribution in [1.82, 2.24) is 10.2 Å². The third-order valence-corrected chi connectivity index (χ3v) is 2.47. The van der Waals surface area contributed by atoms with Crippen LogP contribution in [0.5, 0.6) is 5.75 Å². The molecular formula is C14H17N3O. The number of hydrogen-bond donors (Lipinski definition) is 1. The smallest absolute Gasteiger partial charge is 0.148 e. The van der Waals surface area contributed by atoms with Gasteiger partial charge in [-0.15, -0.1) is 10.2 Å².